The van der Waals surface area contributed by atoms with E-state index >= 15 is 0 Å². The van der Waals surface area contributed by atoms with Gasteiger partial charge in [-0.15, -0.1) is 0 Å². The predicted molar refractivity (Wildman–Crippen MR) is 78.0 cm³/mol. The van der Waals surface area contributed by atoms with E-state index in [0.717, 1.165) is 18.6 Å². The monoisotopic (exact) mass is 253 g/mol. The van der Waals surface area contributed by atoms with Crippen molar-refractivity contribution in [3.8, 4) is 0 Å². The van der Waals surface area contributed by atoms with Crippen LogP contribution in [0.1, 0.15) is 46.5 Å². The molecule has 2 fully saturated rings. The van der Waals surface area contributed by atoms with Gasteiger partial charge in [0.2, 0.25) is 0 Å². The number of hydrogen-bond donors (Lipinski definition) is 1. The molecule has 2 bridgehead atoms. The molecule has 0 spiro atoms. The molecule has 2 saturated heterocycles. The number of hydrogen-bond acceptors (Lipinski definition) is 3. The van der Waals surface area contributed by atoms with Crippen molar-refractivity contribution in [2.75, 3.05) is 26.7 Å². The molecule has 18 heavy (non-hydrogen) atoms. The highest BCUT2D eigenvalue weighted by Gasteiger charge is 2.36. The van der Waals surface area contributed by atoms with E-state index in [-0.39, 0.29) is 0 Å². The minimum atomic E-state index is 0.604. The van der Waals surface area contributed by atoms with E-state index in [1.54, 1.807) is 0 Å². The molecule has 0 aliphatic carbocycles. The van der Waals surface area contributed by atoms with Crippen LogP contribution in [0.4, 0.5) is 0 Å². The fourth-order valence-corrected chi connectivity index (χ4v) is 3.56. The van der Waals surface area contributed by atoms with Gasteiger partial charge in [0.15, 0.2) is 0 Å². The van der Waals surface area contributed by atoms with E-state index < -0.39 is 0 Å². The molecule has 4 atom stereocenters. The van der Waals surface area contributed by atoms with Crippen molar-refractivity contribution in [3.05, 3.63) is 0 Å². The third-order valence-electron chi connectivity index (χ3n) is 5.20. The summed E-state index contributed by atoms with van der Waals surface area (Å²) in [6.07, 6.45) is 5.41. The van der Waals surface area contributed by atoms with Crippen LogP contribution in [0.5, 0.6) is 0 Å². The fraction of sp³-hybridized carbons (Fsp3) is 1.00. The molecular formula is C15H31N3. The largest absolute Gasteiger partial charge is 0.313 e. The lowest BCUT2D eigenvalue weighted by Gasteiger charge is -2.35. The van der Waals surface area contributed by atoms with Crippen LogP contribution in [0, 0.1) is 0 Å². The first-order valence-corrected chi connectivity index (χ1v) is 7.82. The van der Waals surface area contributed by atoms with Gasteiger partial charge in [-0.1, -0.05) is 6.92 Å². The van der Waals surface area contributed by atoms with Gasteiger partial charge in [-0.25, -0.2) is 0 Å². The van der Waals surface area contributed by atoms with E-state index in [0.29, 0.717) is 12.1 Å². The SMILES string of the molecule is CCCNC(C)C(C)N1CCC2CCC(C1)N2C. The molecule has 0 aromatic rings. The maximum Gasteiger partial charge on any atom is 0.0223 e. The molecular weight excluding hydrogens is 222 g/mol. The second-order valence-electron chi connectivity index (χ2n) is 6.32. The Morgan fingerprint density at radius 3 is 2.61 bits per heavy atom. The molecule has 2 heterocycles. The van der Waals surface area contributed by atoms with Crippen LogP contribution in [0.3, 0.4) is 0 Å². The summed E-state index contributed by atoms with van der Waals surface area (Å²) in [5, 5.41) is 3.65. The number of nitrogens with zero attached hydrogens (tertiary/aromatic N) is 2. The summed E-state index contributed by atoms with van der Waals surface area (Å²) in [6.45, 7) is 10.7. The van der Waals surface area contributed by atoms with Gasteiger partial charge in [0.1, 0.15) is 0 Å². The zero-order chi connectivity index (χ0) is 13.1. The van der Waals surface area contributed by atoms with E-state index in [1.807, 2.05) is 0 Å². The second-order valence-corrected chi connectivity index (χ2v) is 6.32. The molecule has 2 rings (SSSR count). The van der Waals surface area contributed by atoms with E-state index in [1.165, 1.54) is 38.8 Å². The molecule has 3 heteroatoms. The highest BCUT2D eigenvalue weighted by Crippen LogP contribution is 2.29. The highest BCUT2D eigenvalue weighted by molar-refractivity contribution is 4.93. The lowest BCUT2D eigenvalue weighted by molar-refractivity contribution is 0.155. The molecule has 0 saturated carbocycles. The Morgan fingerprint density at radius 2 is 1.89 bits per heavy atom. The van der Waals surface area contributed by atoms with Crippen LogP contribution in [-0.2, 0) is 0 Å². The van der Waals surface area contributed by atoms with Gasteiger partial charge in [-0.05, 0) is 53.1 Å². The van der Waals surface area contributed by atoms with E-state index in [2.05, 4.69) is 42.9 Å². The Bertz CT molecular complexity index is 256. The van der Waals surface area contributed by atoms with Gasteiger partial charge in [0, 0.05) is 37.3 Å². The summed E-state index contributed by atoms with van der Waals surface area (Å²) in [4.78, 5) is 5.35. The van der Waals surface area contributed by atoms with Gasteiger partial charge >= 0.3 is 0 Å². The lowest BCUT2D eigenvalue weighted by atomic mass is 10.0. The molecule has 1 N–H and O–H groups in total. The molecule has 2 aliphatic rings. The van der Waals surface area contributed by atoms with Crippen molar-refractivity contribution in [2.24, 2.45) is 0 Å². The third-order valence-corrected chi connectivity index (χ3v) is 5.20. The number of nitrogens with one attached hydrogen (secondary N) is 1. The molecule has 3 nitrogen and oxygen atoms in total. The maximum absolute atomic E-state index is 3.65. The Labute approximate surface area is 113 Å². The zero-order valence-corrected chi connectivity index (χ0v) is 12.7. The Kier molecular flexibility index (Phi) is 5.05. The van der Waals surface area contributed by atoms with Crippen molar-refractivity contribution in [3.63, 3.8) is 0 Å². The third kappa shape index (κ3) is 3.06. The Balaban J connectivity index is 1.89. The molecule has 106 valence electrons. The van der Waals surface area contributed by atoms with Crippen molar-refractivity contribution >= 4 is 0 Å². The van der Waals surface area contributed by atoms with Crippen LogP contribution in [0.2, 0.25) is 0 Å². The molecule has 4 unspecified atom stereocenters. The summed E-state index contributed by atoms with van der Waals surface area (Å²) >= 11 is 0. The van der Waals surface area contributed by atoms with Crippen LogP contribution in [0.25, 0.3) is 0 Å². The second kappa shape index (κ2) is 6.36. The topological polar surface area (TPSA) is 18.5 Å². The van der Waals surface area contributed by atoms with Crippen molar-refractivity contribution in [2.45, 2.75) is 70.6 Å². The number of likely N-dealkylation sites (N-methyl/N-ethyl adjacent to an activating group) is 1. The highest BCUT2D eigenvalue weighted by atomic mass is 15.3. The normalized spacial score (nSPS) is 33.3. The minimum absolute atomic E-state index is 0.604. The number of likely N-dealkylation sites (tertiary alicyclic amines) is 1. The number of rotatable bonds is 5. The predicted octanol–water partition coefficient (Wildman–Crippen LogP) is 1.93. The smallest absolute Gasteiger partial charge is 0.0223 e. The van der Waals surface area contributed by atoms with Crippen LogP contribution < -0.4 is 5.32 Å². The lowest BCUT2D eigenvalue weighted by Crippen LogP contribution is -2.49. The van der Waals surface area contributed by atoms with E-state index in [4.69, 9.17) is 0 Å². The zero-order valence-electron chi connectivity index (χ0n) is 12.7. The van der Waals surface area contributed by atoms with Gasteiger partial charge in [0.25, 0.3) is 0 Å². The fourth-order valence-electron chi connectivity index (χ4n) is 3.56. The van der Waals surface area contributed by atoms with Crippen molar-refractivity contribution < 1.29 is 0 Å². The molecule has 0 aromatic carbocycles. The Morgan fingerprint density at radius 1 is 1.17 bits per heavy atom. The summed E-state index contributed by atoms with van der Waals surface area (Å²) in [7, 11) is 2.33. The maximum atomic E-state index is 3.65. The first-order chi connectivity index (χ1) is 8.63. The molecule has 0 amide bonds. The average molecular weight is 253 g/mol. The summed E-state index contributed by atoms with van der Waals surface area (Å²) in [6, 6.07) is 2.92. The van der Waals surface area contributed by atoms with Crippen molar-refractivity contribution in [1.29, 1.82) is 0 Å². The van der Waals surface area contributed by atoms with Crippen molar-refractivity contribution in [1.82, 2.24) is 15.1 Å². The minimum Gasteiger partial charge on any atom is -0.313 e. The first-order valence-electron chi connectivity index (χ1n) is 7.82. The van der Waals surface area contributed by atoms with Gasteiger partial charge in [-0.2, -0.15) is 0 Å². The molecule has 2 aliphatic heterocycles. The van der Waals surface area contributed by atoms with E-state index in [9.17, 15) is 0 Å². The molecule has 0 radical (unpaired) electrons. The van der Waals surface area contributed by atoms with Gasteiger partial charge in [-0.3, -0.25) is 9.80 Å². The standard InChI is InChI=1S/C15H31N3/c1-5-9-16-12(2)13(3)18-10-8-14-6-7-15(11-18)17(14)4/h12-16H,5-11H2,1-4H3. The summed E-state index contributed by atoms with van der Waals surface area (Å²) in [5.74, 6) is 0. The summed E-state index contributed by atoms with van der Waals surface area (Å²) < 4.78 is 0. The summed E-state index contributed by atoms with van der Waals surface area (Å²) in [5.41, 5.74) is 0. The van der Waals surface area contributed by atoms with Gasteiger partial charge < -0.3 is 5.32 Å². The van der Waals surface area contributed by atoms with Crippen LogP contribution in [-0.4, -0.2) is 60.6 Å². The average Bonchev–Trinajstić information content (AvgIpc) is 2.59. The van der Waals surface area contributed by atoms with Crippen LogP contribution in [0.15, 0.2) is 0 Å². The quantitative estimate of drug-likeness (QED) is 0.808. The Hall–Kier alpha value is -0.120. The first kappa shape index (κ1) is 14.3. The number of fused-ring (bicyclic) bond motifs is 2. The molecule has 0 aromatic heterocycles. The van der Waals surface area contributed by atoms with Crippen LogP contribution >= 0.6 is 0 Å². The van der Waals surface area contributed by atoms with Gasteiger partial charge in [0.05, 0.1) is 0 Å².